The summed E-state index contributed by atoms with van der Waals surface area (Å²) in [5.41, 5.74) is 0.851. The molecule has 1 aromatic carbocycles. The van der Waals surface area contributed by atoms with Crippen molar-refractivity contribution in [1.29, 1.82) is 0 Å². The van der Waals surface area contributed by atoms with E-state index in [1.807, 2.05) is 6.07 Å². The SMILES string of the molecule is O=c1n(Cc2cccc(Cl)c2)nc2ccc(S(=O)(=O)N3CCCC3)cn12. The molecule has 0 saturated carbocycles. The Morgan fingerprint density at radius 2 is 1.88 bits per heavy atom. The standard InChI is InChI=1S/C17H17ClN4O3S/c18-14-5-3-4-13(10-14)11-22-17(23)21-12-15(6-7-16(21)19-22)26(24,25)20-8-1-2-9-20/h3-7,10,12H,1-2,8-9,11H2. The second-order valence-corrected chi connectivity index (χ2v) is 8.65. The van der Waals surface area contributed by atoms with Gasteiger partial charge in [0.2, 0.25) is 10.0 Å². The van der Waals surface area contributed by atoms with E-state index < -0.39 is 15.7 Å². The fourth-order valence-electron chi connectivity index (χ4n) is 3.14. The number of benzene rings is 1. The van der Waals surface area contributed by atoms with E-state index in [1.165, 1.54) is 25.7 Å². The normalized spacial score (nSPS) is 15.7. The number of aromatic nitrogens is 3. The highest BCUT2D eigenvalue weighted by molar-refractivity contribution is 7.89. The van der Waals surface area contributed by atoms with Crippen LogP contribution in [0.4, 0.5) is 0 Å². The summed E-state index contributed by atoms with van der Waals surface area (Å²) >= 11 is 5.98. The van der Waals surface area contributed by atoms with Crippen LogP contribution in [0, 0.1) is 0 Å². The smallest absolute Gasteiger partial charge is 0.249 e. The van der Waals surface area contributed by atoms with E-state index in [2.05, 4.69) is 5.10 Å². The summed E-state index contributed by atoms with van der Waals surface area (Å²) in [6, 6.07) is 10.2. The van der Waals surface area contributed by atoms with Gasteiger partial charge in [0.15, 0.2) is 5.65 Å². The highest BCUT2D eigenvalue weighted by atomic mass is 35.5. The second kappa shape index (κ2) is 6.53. The maximum Gasteiger partial charge on any atom is 0.350 e. The van der Waals surface area contributed by atoms with Crippen LogP contribution in [0.1, 0.15) is 18.4 Å². The number of hydrogen-bond donors (Lipinski definition) is 0. The summed E-state index contributed by atoms with van der Waals surface area (Å²) in [4.78, 5) is 12.7. The molecule has 2 aromatic heterocycles. The largest absolute Gasteiger partial charge is 0.350 e. The van der Waals surface area contributed by atoms with Crippen LogP contribution in [0.3, 0.4) is 0 Å². The molecule has 9 heteroatoms. The Kier molecular flexibility index (Phi) is 4.34. The minimum atomic E-state index is -3.58. The van der Waals surface area contributed by atoms with Crippen molar-refractivity contribution in [3.63, 3.8) is 0 Å². The fourth-order valence-corrected chi connectivity index (χ4v) is 4.87. The third-order valence-corrected chi connectivity index (χ3v) is 6.59. The summed E-state index contributed by atoms with van der Waals surface area (Å²) < 4.78 is 29.4. The van der Waals surface area contributed by atoms with Crippen molar-refractivity contribution < 1.29 is 8.42 Å². The van der Waals surface area contributed by atoms with Gasteiger partial charge in [0.1, 0.15) is 0 Å². The first-order valence-electron chi connectivity index (χ1n) is 8.29. The lowest BCUT2D eigenvalue weighted by atomic mass is 10.2. The number of hydrogen-bond acceptors (Lipinski definition) is 4. The Hall–Kier alpha value is -2.16. The summed E-state index contributed by atoms with van der Waals surface area (Å²) in [5, 5.41) is 4.86. The Morgan fingerprint density at radius 3 is 2.62 bits per heavy atom. The van der Waals surface area contributed by atoms with Crippen molar-refractivity contribution in [3.8, 4) is 0 Å². The van der Waals surface area contributed by atoms with Crippen molar-refractivity contribution >= 4 is 27.3 Å². The molecule has 136 valence electrons. The first-order valence-corrected chi connectivity index (χ1v) is 10.1. The number of rotatable bonds is 4. The molecule has 1 fully saturated rings. The lowest BCUT2D eigenvalue weighted by Crippen LogP contribution is -2.28. The molecular weight excluding hydrogens is 376 g/mol. The van der Waals surface area contributed by atoms with E-state index in [1.54, 1.807) is 24.3 Å². The predicted octanol–water partition coefficient (Wildman–Crippen LogP) is 1.98. The molecule has 0 N–H and O–H groups in total. The molecule has 4 rings (SSSR count). The van der Waals surface area contributed by atoms with Crippen LogP contribution >= 0.6 is 11.6 Å². The van der Waals surface area contributed by atoms with Crippen molar-refractivity contribution in [2.45, 2.75) is 24.3 Å². The van der Waals surface area contributed by atoms with E-state index in [4.69, 9.17) is 11.6 Å². The zero-order chi connectivity index (χ0) is 18.3. The third-order valence-electron chi connectivity index (χ3n) is 4.47. The Bertz CT molecular complexity index is 1130. The lowest BCUT2D eigenvalue weighted by molar-refractivity contribution is 0.477. The first-order chi connectivity index (χ1) is 12.4. The topological polar surface area (TPSA) is 76.7 Å². The predicted molar refractivity (Wildman–Crippen MR) is 98.0 cm³/mol. The molecule has 0 unspecified atom stereocenters. The van der Waals surface area contributed by atoms with Crippen LogP contribution < -0.4 is 5.69 Å². The molecule has 3 heterocycles. The second-order valence-electron chi connectivity index (χ2n) is 6.27. The first kappa shape index (κ1) is 17.3. The van der Waals surface area contributed by atoms with E-state index >= 15 is 0 Å². The van der Waals surface area contributed by atoms with Crippen molar-refractivity contribution in [2.24, 2.45) is 0 Å². The van der Waals surface area contributed by atoms with Gasteiger partial charge in [-0.3, -0.25) is 0 Å². The molecule has 1 saturated heterocycles. The molecule has 0 atom stereocenters. The van der Waals surface area contributed by atoms with Gasteiger partial charge in [-0.1, -0.05) is 23.7 Å². The van der Waals surface area contributed by atoms with Gasteiger partial charge in [0.25, 0.3) is 0 Å². The maximum absolute atomic E-state index is 12.7. The minimum Gasteiger partial charge on any atom is -0.249 e. The number of sulfonamides is 1. The third kappa shape index (κ3) is 3.04. The van der Waals surface area contributed by atoms with Gasteiger partial charge in [-0.2, -0.15) is 4.31 Å². The van der Waals surface area contributed by atoms with E-state index in [0.29, 0.717) is 23.8 Å². The van der Waals surface area contributed by atoms with Crippen LogP contribution in [0.2, 0.25) is 5.02 Å². The molecule has 1 aliphatic heterocycles. The van der Waals surface area contributed by atoms with Crippen molar-refractivity contribution in [2.75, 3.05) is 13.1 Å². The molecule has 7 nitrogen and oxygen atoms in total. The van der Waals surface area contributed by atoms with E-state index in [-0.39, 0.29) is 11.4 Å². The van der Waals surface area contributed by atoms with Gasteiger partial charge in [0, 0.05) is 24.3 Å². The maximum atomic E-state index is 12.7. The van der Waals surface area contributed by atoms with Gasteiger partial charge in [-0.25, -0.2) is 22.3 Å². The number of fused-ring (bicyclic) bond motifs is 1. The fraction of sp³-hybridized carbons (Fsp3) is 0.294. The van der Waals surface area contributed by atoms with Crippen LogP contribution in [0.15, 0.2) is 52.3 Å². The quantitative estimate of drug-likeness (QED) is 0.680. The molecule has 0 aliphatic carbocycles. The van der Waals surface area contributed by atoms with Gasteiger partial charge >= 0.3 is 5.69 Å². The molecule has 26 heavy (non-hydrogen) atoms. The van der Waals surface area contributed by atoms with Gasteiger partial charge in [-0.05, 0) is 42.7 Å². The highest BCUT2D eigenvalue weighted by Gasteiger charge is 2.27. The molecule has 1 aliphatic rings. The van der Waals surface area contributed by atoms with Crippen LogP contribution in [0.25, 0.3) is 5.65 Å². The van der Waals surface area contributed by atoms with E-state index in [9.17, 15) is 13.2 Å². The zero-order valence-corrected chi connectivity index (χ0v) is 15.4. The molecule has 3 aromatic rings. The summed E-state index contributed by atoms with van der Waals surface area (Å²) in [7, 11) is -3.58. The zero-order valence-electron chi connectivity index (χ0n) is 13.9. The molecule has 0 amide bonds. The van der Waals surface area contributed by atoms with Crippen LogP contribution in [-0.2, 0) is 16.6 Å². The van der Waals surface area contributed by atoms with E-state index in [0.717, 1.165) is 18.4 Å². The van der Waals surface area contributed by atoms with Gasteiger partial charge in [-0.15, -0.1) is 5.10 Å². The number of pyridine rings is 1. The molecule has 0 bridgehead atoms. The Labute approximate surface area is 155 Å². The highest BCUT2D eigenvalue weighted by Crippen LogP contribution is 2.20. The Morgan fingerprint density at radius 1 is 1.12 bits per heavy atom. The summed E-state index contributed by atoms with van der Waals surface area (Å²) in [6.07, 6.45) is 3.07. The summed E-state index contributed by atoms with van der Waals surface area (Å²) in [6.45, 7) is 1.29. The Balaban J connectivity index is 1.73. The van der Waals surface area contributed by atoms with Gasteiger partial charge in [0.05, 0.1) is 11.4 Å². The summed E-state index contributed by atoms with van der Waals surface area (Å²) in [5.74, 6) is 0. The average Bonchev–Trinajstić information content (AvgIpc) is 3.25. The molecular formula is C17H17ClN4O3S. The molecule has 0 radical (unpaired) electrons. The van der Waals surface area contributed by atoms with Crippen molar-refractivity contribution in [1.82, 2.24) is 18.5 Å². The van der Waals surface area contributed by atoms with Crippen LogP contribution in [0.5, 0.6) is 0 Å². The average molecular weight is 393 g/mol. The minimum absolute atomic E-state index is 0.108. The monoisotopic (exact) mass is 392 g/mol. The number of nitrogens with zero attached hydrogens (tertiary/aromatic N) is 4. The number of halogens is 1. The van der Waals surface area contributed by atoms with Crippen molar-refractivity contribution in [3.05, 3.63) is 63.7 Å². The lowest BCUT2D eigenvalue weighted by Gasteiger charge is -2.15. The van der Waals surface area contributed by atoms with Crippen LogP contribution in [-0.4, -0.2) is 40.0 Å². The van der Waals surface area contributed by atoms with Gasteiger partial charge < -0.3 is 0 Å². The molecule has 0 spiro atoms.